The van der Waals surface area contributed by atoms with Crippen molar-refractivity contribution in [1.82, 2.24) is 4.90 Å². The Morgan fingerprint density at radius 2 is 1.88 bits per heavy atom. The van der Waals surface area contributed by atoms with E-state index in [9.17, 15) is 14.4 Å². The van der Waals surface area contributed by atoms with Gasteiger partial charge in [-0.25, -0.2) is 0 Å². The molecular weight excluding hydrogens is 222 g/mol. The Kier molecular flexibility index (Phi) is 4.87. The second-order valence-electron chi connectivity index (χ2n) is 4.16. The zero-order chi connectivity index (χ0) is 12.8. The molecule has 1 aliphatic rings. The lowest BCUT2D eigenvalue weighted by Crippen LogP contribution is -2.32. The summed E-state index contributed by atoms with van der Waals surface area (Å²) in [6.45, 7) is 2.36. The van der Waals surface area contributed by atoms with E-state index in [1.165, 1.54) is 17.1 Å². The van der Waals surface area contributed by atoms with Gasteiger partial charge in [0.1, 0.15) is 0 Å². The van der Waals surface area contributed by atoms with E-state index in [-0.39, 0.29) is 24.2 Å². The van der Waals surface area contributed by atoms with Crippen LogP contribution in [0.25, 0.3) is 0 Å². The molecule has 1 unspecified atom stereocenters. The molecule has 1 atom stereocenters. The number of rotatable bonds is 7. The monoisotopic (exact) mass is 239 g/mol. The van der Waals surface area contributed by atoms with Gasteiger partial charge in [-0.15, -0.1) is 0 Å². The second kappa shape index (κ2) is 6.18. The van der Waals surface area contributed by atoms with Gasteiger partial charge in [0.2, 0.25) is 0 Å². The summed E-state index contributed by atoms with van der Waals surface area (Å²) in [5, 5.41) is 8.59. The molecule has 0 radical (unpaired) electrons. The maximum Gasteiger partial charge on any atom is 0.303 e. The molecule has 1 rings (SSSR count). The zero-order valence-corrected chi connectivity index (χ0v) is 9.89. The summed E-state index contributed by atoms with van der Waals surface area (Å²) in [4.78, 5) is 34.2. The minimum absolute atomic E-state index is 0.138. The van der Waals surface area contributed by atoms with Gasteiger partial charge in [-0.05, 0) is 18.8 Å². The topological polar surface area (TPSA) is 74.7 Å². The Balaban J connectivity index is 2.35. The average molecular weight is 239 g/mol. The smallest absolute Gasteiger partial charge is 0.303 e. The third-order valence-corrected chi connectivity index (χ3v) is 3.01. The van der Waals surface area contributed by atoms with Crippen molar-refractivity contribution >= 4 is 17.8 Å². The predicted molar refractivity (Wildman–Crippen MR) is 61.1 cm³/mol. The van der Waals surface area contributed by atoms with Crippen LogP contribution in [0.5, 0.6) is 0 Å². The van der Waals surface area contributed by atoms with Gasteiger partial charge in [-0.3, -0.25) is 19.3 Å². The van der Waals surface area contributed by atoms with Gasteiger partial charge in [0.25, 0.3) is 11.8 Å². The molecule has 1 heterocycles. The first-order chi connectivity index (χ1) is 8.04. The number of hydrogen-bond acceptors (Lipinski definition) is 3. The van der Waals surface area contributed by atoms with Crippen LogP contribution < -0.4 is 0 Å². The normalized spacial score (nSPS) is 16.6. The Bertz CT molecular complexity index is 330. The molecular formula is C12H17NO4. The molecule has 0 aliphatic carbocycles. The van der Waals surface area contributed by atoms with Crippen molar-refractivity contribution in [3.63, 3.8) is 0 Å². The summed E-state index contributed by atoms with van der Waals surface area (Å²) in [5.41, 5.74) is 0. The number of aliphatic carboxylic acids is 1. The number of amides is 2. The van der Waals surface area contributed by atoms with E-state index in [1.807, 2.05) is 6.92 Å². The number of imide groups is 1. The van der Waals surface area contributed by atoms with Crippen LogP contribution in [-0.2, 0) is 14.4 Å². The largest absolute Gasteiger partial charge is 0.481 e. The number of carboxylic acids is 1. The molecule has 5 heteroatoms. The summed E-state index contributed by atoms with van der Waals surface area (Å²) in [6, 6.07) is 0. The fraction of sp³-hybridized carbons (Fsp3) is 0.583. The fourth-order valence-electron chi connectivity index (χ4n) is 1.84. The highest BCUT2D eigenvalue weighted by atomic mass is 16.4. The van der Waals surface area contributed by atoms with Crippen molar-refractivity contribution in [2.75, 3.05) is 6.54 Å². The van der Waals surface area contributed by atoms with E-state index in [2.05, 4.69) is 0 Å². The van der Waals surface area contributed by atoms with Crippen molar-refractivity contribution in [2.24, 2.45) is 5.92 Å². The first-order valence-corrected chi connectivity index (χ1v) is 5.80. The third kappa shape index (κ3) is 4.01. The fourth-order valence-corrected chi connectivity index (χ4v) is 1.84. The Labute approximate surface area is 100 Å². The number of nitrogens with zero attached hydrogens (tertiary/aromatic N) is 1. The van der Waals surface area contributed by atoms with E-state index in [0.717, 1.165) is 6.42 Å². The van der Waals surface area contributed by atoms with Crippen molar-refractivity contribution in [1.29, 1.82) is 0 Å². The summed E-state index contributed by atoms with van der Waals surface area (Å²) in [5.74, 6) is -1.11. The van der Waals surface area contributed by atoms with Crippen LogP contribution >= 0.6 is 0 Å². The lowest BCUT2D eigenvalue weighted by Gasteiger charge is -2.18. The molecule has 0 bridgehead atoms. The van der Waals surface area contributed by atoms with Crippen LogP contribution in [0.3, 0.4) is 0 Å². The standard InChI is InChI=1S/C12H17NO4/c1-2-9(3-6-12(16)17)7-8-13-10(14)4-5-11(13)15/h4-5,9H,2-3,6-8H2,1H3,(H,16,17). The Morgan fingerprint density at radius 1 is 1.29 bits per heavy atom. The first-order valence-electron chi connectivity index (χ1n) is 5.80. The Hall–Kier alpha value is -1.65. The average Bonchev–Trinajstić information content (AvgIpc) is 2.59. The highest BCUT2D eigenvalue weighted by Gasteiger charge is 2.23. The van der Waals surface area contributed by atoms with Crippen molar-refractivity contribution in [3.8, 4) is 0 Å². The maximum absolute atomic E-state index is 11.3. The van der Waals surface area contributed by atoms with E-state index >= 15 is 0 Å². The van der Waals surface area contributed by atoms with E-state index in [1.54, 1.807) is 0 Å². The summed E-state index contributed by atoms with van der Waals surface area (Å²) >= 11 is 0. The zero-order valence-electron chi connectivity index (χ0n) is 9.89. The second-order valence-corrected chi connectivity index (χ2v) is 4.16. The molecule has 0 saturated heterocycles. The third-order valence-electron chi connectivity index (χ3n) is 3.01. The van der Waals surface area contributed by atoms with Crippen LogP contribution in [0.2, 0.25) is 0 Å². The van der Waals surface area contributed by atoms with Gasteiger partial charge in [-0.1, -0.05) is 13.3 Å². The lowest BCUT2D eigenvalue weighted by molar-refractivity contribution is -0.139. The minimum atomic E-state index is -0.807. The molecule has 2 amide bonds. The van der Waals surface area contributed by atoms with E-state index in [4.69, 9.17) is 5.11 Å². The van der Waals surface area contributed by atoms with Gasteiger partial charge < -0.3 is 5.11 Å². The van der Waals surface area contributed by atoms with Crippen molar-refractivity contribution in [2.45, 2.75) is 32.6 Å². The molecule has 5 nitrogen and oxygen atoms in total. The van der Waals surface area contributed by atoms with Gasteiger partial charge in [-0.2, -0.15) is 0 Å². The summed E-state index contributed by atoms with van der Waals surface area (Å²) < 4.78 is 0. The number of carbonyl (C=O) groups excluding carboxylic acids is 2. The molecule has 0 aromatic heterocycles. The molecule has 0 saturated carbocycles. The van der Waals surface area contributed by atoms with Crippen molar-refractivity contribution < 1.29 is 19.5 Å². The Morgan fingerprint density at radius 3 is 2.35 bits per heavy atom. The molecule has 0 fully saturated rings. The molecule has 1 N–H and O–H groups in total. The molecule has 17 heavy (non-hydrogen) atoms. The lowest BCUT2D eigenvalue weighted by atomic mass is 9.96. The van der Waals surface area contributed by atoms with Crippen LogP contribution in [-0.4, -0.2) is 34.3 Å². The van der Waals surface area contributed by atoms with Gasteiger partial charge in [0.05, 0.1) is 0 Å². The summed E-state index contributed by atoms with van der Waals surface area (Å²) in [7, 11) is 0. The highest BCUT2D eigenvalue weighted by molar-refractivity contribution is 6.12. The SMILES string of the molecule is CCC(CCC(=O)O)CCN1C(=O)C=CC1=O. The number of carboxylic acid groups (broad SMARTS) is 1. The van der Waals surface area contributed by atoms with Crippen LogP contribution in [0, 0.1) is 5.92 Å². The molecule has 0 aromatic carbocycles. The van der Waals surface area contributed by atoms with Gasteiger partial charge in [0, 0.05) is 25.1 Å². The quantitative estimate of drug-likeness (QED) is 0.677. The van der Waals surface area contributed by atoms with E-state index in [0.29, 0.717) is 19.4 Å². The predicted octanol–water partition coefficient (Wildman–Crippen LogP) is 1.19. The molecule has 0 aromatic rings. The molecule has 0 spiro atoms. The summed E-state index contributed by atoms with van der Waals surface area (Å²) in [6.07, 6.45) is 4.79. The molecule has 94 valence electrons. The first kappa shape index (κ1) is 13.4. The van der Waals surface area contributed by atoms with E-state index < -0.39 is 5.97 Å². The van der Waals surface area contributed by atoms with Crippen LogP contribution in [0.1, 0.15) is 32.6 Å². The highest BCUT2D eigenvalue weighted by Crippen LogP contribution is 2.17. The van der Waals surface area contributed by atoms with Crippen molar-refractivity contribution in [3.05, 3.63) is 12.2 Å². The van der Waals surface area contributed by atoms with Gasteiger partial charge in [0.15, 0.2) is 0 Å². The minimum Gasteiger partial charge on any atom is -0.481 e. The van der Waals surface area contributed by atoms with Crippen LogP contribution in [0.4, 0.5) is 0 Å². The molecule has 1 aliphatic heterocycles. The maximum atomic E-state index is 11.3. The van der Waals surface area contributed by atoms with Gasteiger partial charge >= 0.3 is 5.97 Å². The number of hydrogen-bond donors (Lipinski definition) is 1. The van der Waals surface area contributed by atoms with Crippen LogP contribution in [0.15, 0.2) is 12.2 Å². The number of carbonyl (C=O) groups is 3.